The zero-order chi connectivity index (χ0) is 14.2. The molecule has 7 heteroatoms. The van der Waals surface area contributed by atoms with E-state index in [1.807, 2.05) is 6.07 Å². The number of ether oxygens (including phenoxy) is 1. The Balaban J connectivity index is 2.48. The van der Waals surface area contributed by atoms with Crippen molar-refractivity contribution in [3.8, 4) is 5.75 Å². The average molecular weight is 493 g/mol. The molecule has 2 rings (SSSR count). The molecule has 0 amide bonds. The average Bonchev–Trinajstić information content (AvgIpc) is 2.71. The lowest BCUT2D eigenvalue weighted by atomic mass is 10.1. The molecule has 0 saturated heterocycles. The summed E-state index contributed by atoms with van der Waals surface area (Å²) in [5, 5.41) is -0.403. The first-order valence-corrected chi connectivity index (χ1v) is 8.69. The highest BCUT2D eigenvalue weighted by Crippen LogP contribution is 2.43. The topological polar surface area (TPSA) is 9.23 Å². The van der Waals surface area contributed by atoms with E-state index in [4.69, 9.17) is 16.3 Å². The largest absolute Gasteiger partial charge is 0.496 e. The van der Waals surface area contributed by atoms with Crippen molar-refractivity contribution in [3.63, 3.8) is 0 Å². The van der Waals surface area contributed by atoms with Crippen LogP contribution in [0.5, 0.6) is 5.75 Å². The van der Waals surface area contributed by atoms with E-state index >= 15 is 0 Å². The normalized spacial score (nSPS) is 12.5. The van der Waals surface area contributed by atoms with Gasteiger partial charge in [0.2, 0.25) is 0 Å². The summed E-state index contributed by atoms with van der Waals surface area (Å²) in [6.07, 6.45) is 0. The van der Waals surface area contributed by atoms with Crippen molar-refractivity contribution in [2.75, 3.05) is 7.11 Å². The Morgan fingerprint density at radius 1 is 1.21 bits per heavy atom. The van der Waals surface area contributed by atoms with E-state index in [0.717, 1.165) is 18.7 Å². The van der Waals surface area contributed by atoms with E-state index in [9.17, 15) is 4.39 Å². The van der Waals surface area contributed by atoms with Crippen LogP contribution in [-0.4, -0.2) is 7.11 Å². The maximum absolute atomic E-state index is 13.5. The van der Waals surface area contributed by atoms with E-state index in [-0.39, 0.29) is 5.82 Å². The Morgan fingerprint density at radius 3 is 2.42 bits per heavy atom. The molecule has 102 valence electrons. The summed E-state index contributed by atoms with van der Waals surface area (Å²) < 4.78 is 21.0. The zero-order valence-electron chi connectivity index (χ0n) is 9.52. The quantitative estimate of drug-likeness (QED) is 0.443. The lowest BCUT2D eigenvalue weighted by Gasteiger charge is -2.13. The van der Waals surface area contributed by atoms with Crippen LogP contribution in [0, 0.1) is 5.82 Å². The van der Waals surface area contributed by atoms with Crippen LogP contribution in [0.15, 0.2) is 30.9 Å². The third-order valence-corrected chi connectivity index (χ3v) is 6.99. The van der Waals surface area contributed by atoms with Crippen molar-refractivity contribution >= 4 is 70.7 Å². The third-order valence-electron chi connectivity index (χ3n) is 2.46. The molecule has 0 radical (unpaired) electrons. The molecule has 1 unspecified atom stereocenters. The number of rotatable bonds is 3. The summed E-state index contributed by atoms with van der Waals surface area (Å²) in [6.45, 7) is 0. The Hall–Kier alpha value is 0.380. The molecule has 0 spiro atoms. The molecule has 19 heavy (non-hydrogen) atoms. The number of benzene rings is 1. The number of hydrogen-bond donors (Lipinski definition) is 0. The zero-order valence-corrected chi connectivity index (χ0v) is 15.8. The highest BCUT2D eigenvalue weighted by molar-refractivity contribution is 9.13. The van der Waals surface area contributed by atoms with Crippen molar-refractivity contribution in [3.05, 3.63) is 47.2 Å². The molecular formula is C12H7Br3ClFOS. The molecule has 1 aromatic heterocycles. The molecule has 0 bridgehead atoms. The van der Waals surface area contributed by atoms with Gasteiger partial charge in [0.15, 0.2) is 0 Å². The lowest BCUT2D eigenvalue weighted by Crippen LogP contribution is -1.97. The van der Waals surface area contributed by atoms with Crippen LogP contribution in [0.4, 0.5) is 4.39 Å². The minimum Gasteiger partial charge on any atom is -0.496 e. The lowest BCUT2D eigenvalue weighted by molar-refractivity contribution is 0.406. The van der Waals surface area contributed by atoms with Crippen LogP contribution in [0.25, 0.3) is 0 Å². The van der Waals surface area contributed by atoms with Gasteiger partial charge in [-0.3, -0.25) is 0 Å². The molecule has 1 aromatic carbocycles. The van der Waals surface area contributed by atoms with Crippen LogP contribution in [0.2, 0.25) is 0 Å². The van der Waals surface area contributed by atoms with Crippen molar-refractivity contribution in [1.82, 2.24) is 0 Å². The number of hydrogen-bond acceptors (Lipinski definition) is 2. The third kappa shape index (κ3) is 3.35. The molecule has 0 aliphatic heterocycles. The van der Waals surface area contributed by atoms with Gasteiger partial charge in [0.05, 0.1) is 20.7 Å². The van der Waals surface area contributed by atoms with Crippen molar-refractivity contribution in [2.45, 2.75) is 5.38 Å². The second-order valence-electron chi connectivity index (χ2n) is 3.64. The van der Waals surface area contributed by atoms with Crippen LogP contribution < -0.4 is 4.74 Å². The van der Waals surface area contributed by atoms with Gasteiger partial charge >= 0.3 is 0 Å². The maximum atomic E-state index is 13.5. The molecular weight excluding hydrogens is 486 g/mol. The fourth-order valence-corrected chi connectivity index (χ4v) is 4.38. The molecule has 1 atom stereocenters. The van der Waals surface area contributed by atoms with Crippen LogP contribution in [0.3, 0.4) is 0 Å². The maximum Gasteiger partial charge on any atom is 0.141 e. The van der Waals surface area contributed by atoms with Gasteiger partial charge in [-0.2, -0.15) is 0 Å². The molecule has 0 aliphatic rings. The monoisotopic (exact) mass is 490 g/mol. The van der Waals surface area contributed by atoms with E-state index in [2.05, 4.69) is 47.8 Å². The second-order valence-corrected chi connectivity index (χ2v) is 8.19. The van der Waals surface area contributed by atoms with Gasteiger partial charge in [-0.05, 0) is 59.9 Å². The summed E-state index contributed by atoms with van der Waals surface area (Å²) in [5.41, 5.74) is 0.721. The number of halogens is 5. The predicted octanol–water partition coefficient (Wildman–Crippen LogP) is 6.51. The number of thiophene rings is 1. The Bertz CT molecular complexity index is 598. The van der Waals surface area contributed by atoms with Crippen molar-refractivity contribution < 1.29 is 9.13 Å². The summed E-state index contributed by atoms with van der Waals surface area (Å²) in [6, 6.07) is 4.91. The fraction of sp³-hybridized carbons (Fsp3) is 0.167. The molecule has 1 heterocycles. The van der Waals surface area contributed by atoms with Crippen molar-refractivity contribution in [1.29, 1.82) is 0 Å². The first kappa shape index (κ1) is 15.8. The Labute approximate surface area is 144 Å². The van der Waals surface area contributed by atoms with E-state index < -0.39 is 5.38 Å². The van der Waals surface area contributed by atoms with Crippen LogP contribution in [0.1, 0.15) is 15.8 Å². The van der Waals surface area contributed by atoms with Crippen LogP contribution >= 0.6 is 70.7 Å². The molecule has 2 aromatic rings. The summed E-state index contributed by atoms with van der Waals surface area (Å²) >= 11 is 18.0. The van der Waals surface area contributed by atoms with Gasteiger partial charge < -0.3 is 4.74 Å². The molecule has 0 saturated carbocycles. The number of methoxy groups -OCH3 is 1. The summed E-state index contributed by atoms with van der Waals surface area (Å²) in [5.74, 6) is 0.0550. The predicted molar refractivity (Wildman–Crippen MR) is 88.1 cm³/mol. The highest BCUT2D eigenvalue weighted by Gasteiger charge is 2.21. The first-order chi connectivity index (χ1) is 8.93. The summed E-state index contributed by atoms with van der Waals surface area (Å²) in [7, 11) is 1.50. The van der Waals surface area contributed by atoms with Gasteiger partial charge in [0, 0.05) is 21.0 Å². The first-order valence-electron chi connectivity index (χ1n) is 5.05. The standard InChI is InChI=1S/C12H7Br3ClFOS/c1-18-9-4-8(17)6(13)2-5(9)11(16)10-3-7(14)12(15)19-10/h2-4,11H,1H3. The molecule has 0 aliphatic carbocycles. The fourth-order valence-electron chi connectivity index (χ4n) is 1.56. The van der Waals surface area contributed by atoms with Gasteiger partial charge in [-0.25, -0.2) is 4.39 Å². The van der Waals surface area contributed by atoms with E-state index in [1.54, 1.807) is 6.07 Å². The minimum absolute atomic E-state index is 0.364. The number of alkyl halides is 1. The van der Waals surface area contributed by atoms with Gasteiger partial charge in [-0.15, -0.1) is 22.9 Å². The SMILES string of the molecule is COc1cc(F)c(Br)cc1C(Cl)c1cc(Br)c(Br)s1. The second kappa shape index (κ2) is 6.43. The van der Waals surface area contributed by atoms with Crippen LogP contribution in [-0.2, 0) is 0 Å². The Kier molecular flexibility index (Phi) is 5.34. The van der Waals surface area contributed by atoms with Gasteiger partial charge in [0.25, 0.3) is 0 Å². The molecule has 0 fully saturated rings. The van der Waals surface area contributed by atoms with E-state index in [0.29, 0.717) is 10.2 Å². The summed E-state index contributed by atoms with van der Waals surface area (Å²) in [4.78, 5) is 0.942. The highest BCUT2D eigenvalue weighted by atomic mass is 79.9. The van der Waals surface area contributed by atoms with Crippen molar-refractivity contribution in [2.24, 2.45) is 0 Å². The van der Waals surface area contributed by atoms with E-state index in [1.165, 1.54) is 24.5 Å². The smallest absolute Gasteiger partial charge is 0.141 e. The van der Waals surface area contributed by atoms with Gasteiger partial charge in [-0.1, -0.05) is 0 Å². The molecule has 0 N–H and O–H groups in total. The van der Waals surface area contributed by atoms with Gasteiger partial charge in [0.1, 0.15) is 11.6 Å². The minimum atomic E-state index is -0.403. The Morgan fingerprint density at radius 2 is 1.89 bits per heavy atom. The molecule has 1 nitrogen and oxygen atoms in total.